The minimum atomic E-state index is -0.348. The third-order valence-corrected chi connectivity index (χ3v) is 4.80. The van der Waals surface area contributed by atoms with E-state index >= 15 is 0 Å². The van der Waals surface area contributed by atoms with E-state index in [1.165, 1.54) is 0 Å². The fourth-order valence-corrected chi connectivity index (χ4v) is 3.89. The molecule has 0 aromatic heterocycles. The van der Waals surface area contributed by atoms with Gasteiger partial charge in [-0.1, -0.05) is 42.0 Å². The van der Waals surface area contributed by atoms with Crippen molar-refractivity contribution in [2.75, 3.05) is 0 Å². The summed E-state index contributed by atoms with van der Waals surface area (Å²) in [4.78, 5) is 0. The molecule has 1 aliphatic heterocycles. The topological polar surface area (TPSA) is 29.5 Å². The summed E-state index contributed by atoms with van der Waals surface area (Å²) < 4.78 is 6.18. The van der Waals surface area contributed by atoms with Crippen LogP contribution in [0.3, 0.4) is 0 Å². The molecular weight excluding hydrogens is 284 g/mol. The molecule has 2 aromatic rings. The highest BCUT2D eigenvalue weighted by atomic mass is 35.5. The number of ether oxygens (including phenoxy) is 1. The molecule has 2 atom stereocenters. The summed E-state index contributed by atoms with van der Waals surface area (Å²) in [5.74, 6) is 1.14. The molecule has 0 spiro atoms. The number of hydrogen-bond donors (Lipinski definition) is 1. The average molecular weight is 299 g/mol. The Hall–Kier alpha value is -1.93. The Kier molecular flexibility index (Phi) is 2.76. The van der Waals surface area contributed by atoms with Crippen molar-refractivity contribution in [1.29, 1.82) is 0 Å². The second-order valence-electron chi connectivity index (χ2n) is 5.62. The summed E-state index contributed by atoms with van der Waals surface area (Å²) >= 11 is 6.50. The molecule has 1 heterocycles. The van der Waals surface area contributed by atoms with Gasteiger partial charge in [0.2, 0.25) is 0 Å². The molecular formula is C18H15ClO2. The summed E-state index contributed by atoms with van der Waals surface area (Å²) in [5, 5.41) is 10.3. The van der Waals surface area contributed by atoms with Crippen LogP contribution in [0.5, 0.6) is 11.5 Å². The Bertz CT molecular complexity index is 720. The van der Waals surface area contributed by atoms with Crippen molar-refractivity contribution >= 4 is 11.6 Å². The first-order valence-electron chi connectivity index (χ1n) is 7.14. The summed E-state index contributed by atoms with van der Waals surface area (Å²) in [7, 11) is 0. The molecule has 0 bridgehead atoms. The standard InChI is InChI=1S/C18H15ClO2/c19-14-4-3-5-15-17(14)18(11-2-1-6-16(18)21-15)12-7-9-13(20)10-8-12/h2-5,7-11,16,20H,1,6H2/t16-,18-/m0/s1. The van der Waals surface area contributed by atoms with Gasteiger partial charge in [0.05, 0.1) is 5.41 Å². The van der Waals surface area contributed by atoms with Crippen molar-refractivity contribution in [1.82, 2.24) is 0 Å². The molecule has 0 unspecified atom stereocenters. The van der Waals surface area contributed by atoms with Crippen molar-refractivity contribution in [3.8, 4) is 11.5 Å². The van der Waals surface area contributed by atoms with Gasteiger partial charge in [0.15, 0.2) is 0 Å². The van der Waals surface area contributed by atoms with Crippen LogP contribution in [0.25, 0.3) is 0 Å². The highest BCUT2D eigenvalue weighted by Gasteiger charge is 2.50. The van der Waals surface area contributed by atoms with Gasteiger partial charge in [-0.25, -0.2) is 0 Å². The third-order valence-electron chi connectivity index (χ3n) is 4.49. The smallest absolute Gasteiger partial charge is 0.125 e. The SMILES string of the molecule is Oc1ccc([C@@]23C=CCC[C@@H]2Oc2cccc(Cl)c23)cc1. The van der Waals surface area contributed by atoms with Crippen molar-refractivity contribution in [3.05, 3.63) is 70.8 Å². The zero-order chi connectivity index (χ0) is 14.4. The molecule has 0 saturated heterocycles. The van der Waals surface area contributed by atoms with Gasteiger partial charge in [0, 0.05) is 10.6 Å². The second kappa shape index (κ2) is 4.54. The lowest BCUT2D eigenvalue weighted by Gasteiger charge is -2.35. The molecule has 0 amide bonds. The fourth-order valence-electron chi connectivity index (χ4n) is 3.57. The maximum absolute atomic E-state index is 9.57. The van der Waals surface area contributed by atoms with Crippen LogP contribution in [0, 0.1) is 0 Å². The highest BCUT2D eigenvalue weighted by molar-refractivity contribution is 6.31. The molecule has 0 saturated carbocycles. The summed E-state index contributed by atoms with van der Waals surface area (Å²) in [6.45, 7) is 0. The molecule has 2 aromatic carbocycles. The van der Waals surface area contributed by atoms with Gasteiger partial charge in [-0.3, -0.25) is 0 Å². The van der Waals surface area contributed by atoms with E-state index in [-0.39, 0.29) is 17.3 Å². The predicted molar refractivity (Wildman–Crippen MR) is 83.1 cm³/mol. The summed E-state index contributed by atoms with van der Waals surface area (Å²) in [5.41, 5.74) is 1.80. The van der Waals surface area contributed by atoms with Crippen LogP contribution < -0.4 is 4.74 Å². The Morgan fingerprint density at radius 1 is 1.14 bits per heavy atom. The first-order valence-corrected chi connectivity index (χ1v) is 7.52. The summed E-state index contributed by atoms with van der Waals surface area (Å²) in [6.07, 6.45) is 6.44. The Morgan fingerprint density at radius 3 is 2.76 bits per heavy atom. The number of allylic oxidation sites excluding steroid dienone is 1. The lowest BCUT2D eigenvalue weighted by molar-refractivity contribution is 0.174. The van der Waals surface area contributed by atoms with Gasteiger partial charge in [-0.05, 0) is 42.7 Å². The van der Waals surface area contributed by atoms with Crippen molar-refractivity contribution in [2.45, 2.75) is 24.4 Å². The number of halogens is 1. The largest absolute Gasteiger partial charge is 0.508 e. The average Bonchev–Trinajstić information content (AvgIpc) is 2.84. The molecule has 1 aliphatic carbocycles. The molecule has 2 nitrogen and oxygen atoms in total. The van der Waals surface area contributed by atoms with Gasteiger partial charge in [-0.15, -0.1) is 0 Å². The summed E-state index contributed by atoms with van der Waals surface area (Å²) in [6, 6.07) is 13.2. The lowest BCUT2D eigenvalue weighted by atomic mass is 9.68. The molecule has 0 fully saturated rings. The van der Waals surface area contributed by atoms with E-state index in [0.29, 0.717) is 0 Å². The maximum Gasteiger partial charge on any atom is 0.125 e. The van der Waals surface area contributed by atoms with Crippen LogP contribution in [0.15, 0.2) is 54.6 Å². The Balaban J connectivity index is 2.01. The van der Waals surface area contributed by atoms with Gasteiger partial charge >= 0.3 is 0 Å². The second-order valence-corrected chi connectivity index (χ2v) is 6.02. The van der Waals surface area contributed by atoms with Crippen LogP contribution in [0.4, 0.5) is 0 Å². The van der Waals surface area contributed by atoms with E-state index in [1.807, 2.05) is 30.3 Å². The molecule has 1 N–H and O–H groups in total. The van der Waals surface area contributed by atoms with Gasteiger partial charge in [-0.2, -0.15) is 0 Å². The monoisotopic (exact) mass is 298 g/mol. The van der Waals surface area contributed by atoms with Crippen LogP contribution in [-0.2, 0) is 5.41 Å². The van der Waals surface area contributed by atoms with Gasteiger partial charge in [0.25, 0.3) is 0 Å². The minimum Gasteiger partial charge on any atom is -0.508 e. The van der Waals surface area contributed by atoms with Crippen molar-refractivity contribution in [2.24, 2.45) is 0 Å². The quantitative estimate of drug-likeness (QED) is 0.789. The number of phenols is 1. The van der Waals surface area contributed by atoms with E-state index in [1.54, 1.807) is 12.1 Å². The Morgan fingerprint density at radius 2 is 1.95 bits per heavy atom. The number of aromatic hydroxyl groups is 1. The van der Waals surface area contributed by atoms with Gasteiger partial charge < -0.3 is 9.84 Å². The number of hydrogen-bond acceptors (Lipinski definition) is 2. The van der Waals surface area contributed by atoms with Crippen LogP contribution in [0.1, 0.15) is 24.0 Å². The molecule has 4 rings (SSSR count). The van der Waals surface area contributed by atoms with E-state index in [2.05, 4.69) is 12.2 Å². The van der Waals surface area contributed by atoms with E-state index in [4.69, 9.17) is 16.3 Å². The van der Waals surface area contributed by atoms with Crippen LogP contribution in [0.2, 0.25) is 5.02 Å². The molecule has 106 valence electrons. The van der Waals surface area contributed by atoms with E-state index in [9.17, 15) is 5.11 Å². The number of benzene rings is 2. The van der Waals surface area contributed by atoms with E-state index in [0.717, 1.165) is 34.7 Å². The predicted octanol–water partition coefficient (Wildman–Crippen LogP) is 4.44. The zero-order valence-corrected chi connectivity index (χ0v) is 12.2. The zero-order valence-electron chi connectivity index (χ0n) is 11.4. The molecule has 0 radical (unpaired) electrons. The van der Waals surface area contributed by atoms with Crippen LogP contribution in [-0.4, -0.2) is 11.2 Å². The number of rotatable bonds is 1. The van der Waals surface area contributed by atoms with Gasteiger partial charge in [0.1, 0.15) is 17.6 Å². The fraction of sp³-hybridized carbons (Fsp3) is 0.222. The normalized spacial score (nSPS) is 26.0. The Labute approximate surface area is 128 Å². The molecule has 3 heteroatoms. The first-order chi connectivity index (χ1) is 10.2. The third kappa shape index (κ3) is 1.72. The maximum atomic E-state index is 9.57. The lowest BCUT2D eigenvalue weighted by Crippen LogP contribution is -2.39. The minimum absolute atomic E-state index is 0.0574. The van der Waals surface area contributed by atoms with E-state index < -0.39 is 0 Å². The highest BCUT2D eigenvalue weighted by Crippen LogP contribution is 2.54. The van der Waals surface area contributed by atoms with Crippen LogP contribution >= 0.6 is 11.6 Å². The molecule has 21 heavy (non-hydrogen) atoms. The molecule has 2 aliphatic rings. The number of fused-ring (bicyclic) bond motifs is 3. The van der Waals surface area contributed by atoms with Crippen molar-refractivity contribution in [3.63, 3.8) is 0 Å². The van der Waals surface area contributed by atoms with Crippen molar-refractivity contribution < 1.29 is 9.84 Å². The number of phenolic OH excluding ortho intramolecular Hbond substituents is 1. The first kappa shape index (κ1) is 12.8.